The van der Waals surface area contributed by atoms with Gasteiger partial charge in [0.1, 0.15) is 11.5 Å². The summed E-state index contributed by atoms with van der Waals surface area (Å²) in [5.41, 5.74) is -0.893. The predicted molar refractivity (Wildman–Crippen MR) is 69.8 cm³/mol. The number of carbonyl (C=O) groups excluding carboxylic acids is 2. The van der Waals surface area contributed by atoms with E-state index in [1.807, 2.05) is 20.8 Å². The lowest BCUT2D eigenvalue weighted by Crippen LogP contribution is -2.52. The number of esters is 1. The Morgan fingerprint density at radius 2 is 1.84 bits per heavy atom. The van der Waals surface area contributed by atoms with Crippen LogP contribution in [0.25, 0.3) is 0 Å². The van der Waals surface area contributed by atoms with Gasteiger partial charge >= 0.3 is 5.97 Å². The van der Waals surface area contributed by atoms with E-state index in [0.29, 0.717) is 32.7 Å². The maximum Gasteiger partial charge on any atom is 0.316 e. The SMILES string of the molecule is CCOC1(C(=O)C(C(=O)OC)C(C)C)CCOCC1. The Bertz CT molecular complexity index is 312. The highest BCUT2D eigenvalue weighted by Crippen LogP contribution is 2.32. The molecule has 110 valence electrons. The zero-order valence-corrected chi connectivity index (χ0v) is 12.2. The number of Topliss-reactive ketones (excluding diaryl/α,β-unsaturated/α-hetero) is 1. The van der Waals surface area contributed by atoms with Gasteiger partial charge in [-0.3, -0.25) is 9.59 Å². The van der Waals surface area contributed by atoms with E-state index in [0.717, 1.165) is 0 Å². The molecule has 1 heterocycles. The summed E-state index contributed by atoms with van der Waals surface area (Å²) in [6, 6.07) is 0. The molecule has 0 aliphatic carbocycles. The van der Waals surface area contributed by atoms with Crippen molar-refractivity contribution in [3.63, 3.8) is 0 Å². The van der Waals surface area contributed by atoms with Gasteiger partial charge in [0, 0.05) is 32.7 Å². The molecule has 0 amide bonds. The van der Waals surface area contributed by atoms with E-state index in [9.17, 15) is 9.59 Å². The number of hydrogen-bond donors (Lipinski definition) is 0. The fourth-order valence-electron chi connectivity index (χ4n) is 2.53. The van der Waals surface area contributed by atoms with Gasteiger partial charge in [-0.1, -0.05) is 13.8 Å². The maximum absolute atomic E-state index is 12.8. The van der Waals surface area contributed by atoms with Crippen LogP contribution >= 0.6 is 0 Å². The highest BCUT2D eigenvalue weighted by molar-refractivity contribution is 6.03. The molecule has 0 N–H and O–H groups in total. The first kappa shape index (κ1) is 16.1. The van der Waals surface area contributed by atoms with Crippen molar-refractivity contribution >= 4 is 11.8 Å². The van der Waals surface area contributed by atoms with Gasteiger partial charge in [0.2, 0.25) is 0 Å². The first-order valence-corrected chi connectivity index (χ1v) is 6.82. The monoisotopic (exact) mass is 272 g/mol. The molecule has 0 bridgehead atoms. The number of methoxy groups -OCH3 is 1. The van der Waals surface area contributed by atoms with Crippen LogP contribution in [0.5, 0.6) is 0 Å². The van der Waals surface area contributed by atoms with Gasteiger partial charge in [-0.15, -0.1) is 0 Å². The third kappa shape index (κ3) is 3.54. The minimum Gasteiger partial charge on any atom is -0.468 e. The second kappa shape index (κ2) is 7.01. The smallest absolute Gasteiger partial charge is 0.316 e. The minimum atomic E-state index is -0.893. The Labute approximate surface area is 114 Å². The molecule has 19 heavy (non-hydrogen) atoms. The molecule has 0 spiro atoms. The number of ether oxygens (including phenoxy) is 3. The molecule has 1 saturated heterocycles. The molecule has 1 fully saturated rings. The molecule has 0 radical (unpaired) electrons. The van der Waals surface area contributed by atoms with E-state index in [1.165, 1.54) is 7.11 Å². The van der Waals surface area contributed by atoms with Crippen LogP contribution in [0.15, 0.2) is 0 Å². The molecule has 1 aliphatic rings. The first-order chi connectivity index (χ1) is 8.98. The highest BCUT2D eigenvalue weighted by Gasteiger charge is 2.47. The summed E-state index contributed by atoms with van der Waals surface area (Å²) < 4.78 is 15.8. The molecular formula is C14H24O5. The Balaban J connectivity index is 2.99. The zero-order chi connectivity index (χ0) is 14.5. The van der Waals surface area contributed by atoms with Gasteiger partial charge in [0.25, 0.3) is 0 Å². The number of ketones is 1. The summed E-state index contributed by atoms with van der Waals surface area (Å²) in [6.07, 6.45) is 1.000. The van der Waals surface area contributed by atoms with Crippen molar-refractivity contribution < 1.29 is 23.8 Å². The maximum atomic E-state index is 12.8. The molecule has 1 unspecified atom stereocenters. The summed E-state index contributed by atoms with van der Waals surface area (Å²) in [5.74, 6) is -1.53. The van der Waals surface area contributed by atoms with Crippen molar-refractivity contribution in [3.05, 3.63) is 0 Å². The predicted octanol–water partition coefficient (Wildman–Crippen LogP) is 1.59. The highest BCUT2D eigenvalue weighted by atomic mass is 16.5. The summed E-state index contributed by atoms with van der Waals surface area (Å²) in [6.45, 7) is 6.96. The first-order valence-electron chi connectivity index (χ1n) is 6.82. The van der Waals surface area contributed by atoms with Crippen LogP contribution in [0.2, 0.25) is 0 Å². The van der Waals surface area contributed by atoms with Gasteiger partial charge in [-0.2, -0.15) is 0 Å². The summed E-state index contributed by atoms with van der Waals surface area (Å²) in [5, 5.41) is 0. The average Bonchev–Trinajstić information content (AvgIpc) is 2.39. The van der Waals surface area contributed by atoms with Gasteiger partial charge < -0.3 is 14.2 Å². The van der Waals surface area contributed by atoms with E-state index in [2.05, 4.69) is 0 Å². The number of hydrogen-bond acceptors (Lipinski definition) is 5. The fourth-order valence-corrected chi connectivity index (χ4v) is 2.53. The van der Waals surface area contributed by atoms with E-state index < -0.39 is 17.5 Å². The van der Waals surface area contributed by atoms with Crippen molar-refractivity contribution in [2.24, 2.45) is 11.8 Å². The van der Waals surface area contributed by atoms with Gasteiger partial charge in [-0.25, -0.2) is 0 Å². The van der Waals surface area contributed by atoms with Crippen molar-refractivity contribution in [3.8, 4) is 0 Å². The Kier molecular flexibility index (Phi) is 5.94. The standard InChI is InChI=1S/C14H24O5/c1-5-19-14(6-8-18-9-7-14)12(15)11(10(2)3)13(16)17-4/h10-11H,5-9H2,1-4H3. The molecule has 1 rings (SSSR count). The second-order valence-electron chi connectivity index (χ2n) is 5.15. The minimum absolute atomic E-state index is 0.111. The fraction of sp³-hybridized carbons (Fsp3) is 0.857. The molecule has 5 heteroatoms. The molecule has 0 aromatic carbocycles. The van der Waals surface area contributed by atoms with E-state index in [4.69, 9.17) is 14.2 Å². The van der Waals surface area contributed by atoms with Crippen LogP contribution in [0.4, 0.5) is 0 Å². The van der Waals surface area contributed by atoms with Crippen molar-refractivity contribution in [2.45, 2.75) is 39.2 Å². The Morgan fingerprint density at radius 1 is 1.26 bits per heavy atom. The molecule has 0 saturated carbocycles. The second-order valence-corrected chi connectivity index (χ2v) is 5.15. The Hall–Kier alpha value is -0.940. The summed E-state index contributed by atoms with van der Waals surface area (Å²) >= 11 is 0. The van der Waals surface area contributed by atoms with Crippen molar-refractivity contribution in [1.29, 1.82) is 0 Å². The molecule has 5 nitrogen and oxygen atoms in total. The van der Waals surface area contributed by atoms with Crippen molar-refractivity contribution in [1.82, 2.24) is 0 Å². The van der Waals surface area contributed by atoms with Gasteiger partial charge in [0.15, 0.2) is 5.78 Å². The lowest BCUT2D eigenvalue weighted by atomic mass is 9.78. The normalized spacial score (nSPS) is 20.1. The summed E-state index contributed by atoms with van der Waals surface area (Å²) in [7, 11) is 1.31. The van der Waals surface area contributed by atoms with Crippen LogP contribution in [0, 0.1) is 11.8 Å². The molecule has 0 aromatic rings. The van der Waals surface area contributed by atoms with E-state index in [-0.39, 0.29) is 11.7 Å². The van der Waals surface area contributed by atoms with Crippen LogP contribution < -0.4 is 0 Å². The summed E-state index contributed by atoms with van der Waals surface area (Å²) in [4.78, 5) is 24.6. The van der Waals surface area contributed by atoms with E-state index in [1.54, 1.807) is 0 Å². The van der Waals surface area contributed by atoms with E-state index >= 15 is 0 Å². The number of rotatable bonds is 6. The van der Waals surface area contributed by atoms with Gasteiger partial charge in [0.05, 0.1) is 7.11 Å². The Morgan fingerprint density at radius 3 is 2.26 bits per heavy atom. The zero-order valence-electron chi connectivity index (χ0n) is 12.2. The molecule has 1 atom stereocenters. The third-order valence-electron chi connectivity index (χ3n) is 3.57. The largest absolute Gasteiger partial charge is 0.468 e. The van der Waals surface area contributed by atoms with Gasteiger partial charge in [-0.05, 0) is 12.8 Å². The van der Waals surface area contributed by atoms with Crippen LogP contribution in [-0.4, -0.2) is 44.3 Å². The van der Waals surface area contributed by atoms with Crippen LogP contribution in [0.1, 0.15) is 33.6 Å². The lowest BCUT2D eigenvalue weighted by Gasteiger charge is -2.38. The average molecular weight is 272 g/mol. The van der Waals surface area contributed by atoms with Crippen LogP contribution in [-0.2, 0) is 23.8 Å². The number of carbonyl (C=O) groups is 2. The quantitative estimate of drug-likeness (QED) is 0.543. The molecular weight excluding hydrogens is 248 g/mol. The third-order valence-corrected chi connectivity index (χ3v) is 3.57. The van der Waals surface area contributed by atoms with Crippen LogP contribution in [0.3, 0.4) is 0 Å². The van der Waals surface area contributed by atoms with Crippen molar-refractivity contribution in [2.75, 3.05) is 26.9 Å². The lowest BCUT2D eigenvalue weighted by molar-refractivity contribution is -0.170. The molecule has 1 aliphatic heterocycles. The topological polar surface area (TPSA) is 61.8 Å². The molecule has 0 aromatic heterocycles.